The summed E-state index contributed by atoms with van der Waals surface area (Å²) in [6.07, 6.45) is 3.15. The molecule has 21 heavy (non-hydrogen) atoms. The summed E-state index contributed by atoms with van der Waals surface area (Å²) < 4.78 is 5.97. The van der Waals surface area contributed by atoms with E-state index < -0.39 is 0 Å². The largest absolute Gasteiger partial charge is 0.486 e. The van der Waals surface area contributed by atoms with Crippen LogP contribution in [0.5, 0.6) is 5.75 Å². The number of hydrogen-bond acceptors (Lipinski definition) is 4. The molecule has 2 rings (SSSR count). The number of aryl methyl sites for hydroxylation is 2. The molecule has 0 unspecified atom stereocenters. The molecule has 1 aromatic heterocycles. The zero-order chi connectivity index (χ0) is 15.1. The van der Waals surface area contributed by atoms with E-state index in [4.69, 9.17) is 9.72 Å². The first kappa shape index (κ1) is 16.0. The second kappa shape index (κ2) is 8.15. The van der Waals surface area contributed by atoms with Gasteiger partial charge in [0.2, 0.25) is 0 Å². The summed E-state index contributed by atoms with van der Waals surface area (Å²) in [5, 5.41) is 4.28. The third kappa shape index (κ3) is 4.29. The zero-order valence-corrected chi connectivity index (χ0v) is 13.9. The predicted octanol–water partition coefficient (Wildman–Crippen LogP) is 3.96. The van der Waals surface area contributed by atoms with Crippen LogP contribution in [0.4, 0.5) is 0 Å². The highest BCUT2D eigenvalue weighted by atomic mass is 32.1. The van der Waals surface area contributed by atoms with Crippen molar-refractivity contribution in [2.75, 3.05) is 7.05 Å². The molecule has 2 aromatic rings. The molecule has 4 heteroatoms. The van der Waals surface area contributed by atoms with Crippen LogP contribution < -0.4 is 10.1 Å². The fraction of sp³-hybridized carbons (Fsp3) is 0.471. The quantitative estimate of drug-likeness (QED) is 0.801. The monoisotopic (exact) mass is 304 g/mol. The summed E-state index contributed by atoms with van der Waals surface area (Å²) in [6.45, 7) is 5.78. The summed E-state index contributed by atoms with van der Waals surface area (Å²) >= 11 is 1.76. The molecule has 0 fully saturated rings. The predicted molar refractivity (Wildman–Crippen MR) is 89.0 cm³/mol. The van der Waals surface area contributed by atoms with Gasteiger partial charge in [-0.15, -0.1) is 11.3 Å². The minimum atomic E-state index is 0.558. The van der Waals surface area contributed by atoms with Crippen LogP contribution in [-0.4, -0.2) is 12.0 Å². The van der Waals surface area contributed by atoms with Crippen molar-refractivity contribution in [2.24, 2.45) is 0 Å². The Kier molecular flexibility index (Phi) is 6.21. The lowest BCUT2D eigenvalue weighted by molar-refractivity contribution is 0.302. The van der Waals surface area contributed by atoms with E-state index in [0.717, 1.165) is 36.6 Å². The van der Waals surface area contributed by atoms with Crippen molar-refractivity contribution in [1.29, 1.82) is 0 Å². The zero-order valence-electron chi connectivity index (χ0n) is 13.1. The van der Waals surface area contributed by atoms with Gasteiger partial charge in [-0.2, -0.15) is 0 Å². The topological polar surface area (TPSA) is 34.1 Å². The summed E-state index contributed by atoms with van der Waals surface area (Å²) in [4.78, 5) is 6.08. The van der Waals surface area contributed by atoms with Crippen molar-refractivity contribution < 1.29 is 4.74 Å². The van der Waals surface area contributed by atoms with Crippen molar-refractivity contribution in [3.8, 4) is 5.75 Å². The second-order valence-electron chi connectivity index (χ2n) is 5.01. The first-order valence-corrected chi connectivity index (χ1v) is 8.42. The Morgan fingerprint density at radius 1 is 1.24 bits per heavy atom. The van der Waals surface area contributed by atoms with E-state index in [1.807, 2.05) is 19.2 Å². The van der Waals surface area contributed by atoms with Gasteiger partial charge in [0.15, 0.2) is 0 Å². The van der Waals surface area contributed by atoms with E-state index in [-0.39, 0.29) is 0 Å². The first-order valence-electron chi connectivity index (χ1n) is 7.61. The average molecular weight is 304 g/mol. The number of para-hydroxylation sites is 1. The van der Waals surface area contributed by atoms with Gasteiger partial charge in [0.25, 0.3) is 0 Å². The second-order valence-corrected chi connectivity index (χ2v) is 6.18. The molecule has 0 spiro atoms. The maximum absolute atomic E-state index is 5.97. The summed E-state index contributed by atoms with van der Waals surface area (Å²) in [6, 6.07) is 8.23. The maximum Gasteiger partial charge on any atom is 0.140 e. The lowest BCUT2D eigenvalue weighted by atomic mass is 10.1. The van der Waals surface area contributed by atoms with Crippen LogP contribution in [0.2, 0.25) is 0 Å². The highest BCUT2D eigenvalue weighted by Crippen LogP contribution is 2.23. The smallest absolute Gasteiger partial charge is 0.140 e. The normalized spacial score (nSPS) is 10.8. The van der Waals surface area contributed by atoms with E-state index in [9.17, 15) is 0 Å². The lowest BCUT2D eigenvalue weighted by Gasteiger charge is -2.08. The Balaban J connectivity index is 2.07. The fourth-order valence-electron chi connectivity index (χ4n) is 2.31. The molecule has 0 saturated carbocycles. The van der Waals surface area contributed by atoms with E-state index in [0.29, 0.717) is 6.61 Å². The van der Waals surface area contributed by atoms with Gasteiger partial charge in [-0.25, -0.2) is 4.98 Å². The van der Waals surface area contributed by atoms with Crippen molar-refractivity contribution in [3.63, 3.8) is 0 Å². The molecule has 0 bridgehead atoms. The number of ether oxygens (including phenoxy) is 1. The summed E-state index contributed by atoms with van der Waals surface area (Å²) in [5.41, 5.74) is 2.47. The molecule has 0 aliphatic carbocycles. The number of hydrogen-bond donors (Lipinski definition) is 1. The molecule has 0 saturated heterocycles. The standard InChI is InChI=1S/C17H24N2OS/c1-4-8-14-16(11-18-3)21-17(19-14)12-20-15-10-7-6-9-13(15)5-2/h6-7,9-10,18H,4-5,8,11-12H2,1-3H3. The van der Waals surface area contributed by atoms with Crippen LogP contribution in [0.15, 0.2) is 24.3 Å². The van der Waals surface area contributed by atoms with Crippen molar-refractivity contribution in [2.45, 2.75) is 46.3 Å². The van der Waals surface area contributed by atoms with Gasteiger partial charge in [0.05, 0.1) is 5.69 Å². The third-order valence-electron chi connectivity index (χ3n) is 3.35. The number of nitrogens with one attached hydrogen (secondary N) is 1. The van der Waals surface area contributed by atoms with Gasteiger partial charge in [0.1, 0.15) is 17.4 Å². The number of thiazole rings is 1. The maximum atomic E-state index is 5.97. The number of aromatic nitrogens is 1. The van der Waals surface area contributed by atoms with Gasteiger partial charge < -0.3 is 10.1 Å². The van der Waals surface area contributed by atoms with Gasteiger partial charge in [-0.05, 0) is 31.5 Å². The molecule has 0 aliphatic heterocycles. The van der Waals surface area contributed by atoms with Crippen LogP contribution in [-0.2, 0) is 26.0 Å². The first-order chi connectivity index (χ1) is 10.3. The van der Waals surface area contributed by atoms with Gasteiger partial charge >= 0.3 is 0 Å². The summed E-state index contributed by atoms with van der Waals surface area (Å²) in [5.74, 6) is 0.974. The molecule has 0 atom stereocenters. The Labute approximate surface area is 131 Å². The lowest BCUT2D eigenvalue weighted by Crippen LogP contribution is -2.05. The Hall–Kier alpha value is -1.39. The number of nitrogens with zero attached hydrogens (tertiary/aromatic N) is 1. The van der Waals surface area contributed by atoms with Crippen LogP contribution in [0.25, 0.3) is 0 Å². The van der Waals surface area contributed by atoms with Crippen molar-refractivity contribution in [1.82, 2.24) is 10.3 Å². The Morgan fingerprint density at radius 2 is 2.05 bits per heavy atom. The highest BCUT2D eigenvalue weighted by molar-refractivity contribution is 7.11. The molecular formula is C17H24N2OS. The Morgan fingerprint density at radius 3 is 2.76 bits per heavy atom. The number of rotatable bonds is 8. The number of benzene rings is 1. The molecule has 3 nitrogen and oxygen atoms in total. The molecule has 114 valence electrons. The molecule has 1 N–H and O–H groups in total. The van der Waals surface area contributed by atoms with Crippen LogP contribution in [0.1, 0.15) is 41.4 Å². The Bertz CT molecular complexity index is 542. The molecule has 0 amide bonds. The molecule has 0 radical (unpaired) electrons. The van der Waals surface area contributed by atoms with Gasteiger partial charge in [-0.3, -0.25) is 0 Å². The summed E-state index contributed by atoms with van der Waals surface area (Å²) in [7, 11) is 1.98. The minimum Gasteiger partial charge on any atom is -0.486 e. The van der Waals surface area contributed by atoms with Crippen molar-refractivity contribution in [3.05, 3.63) is 45.4 Å². The fourth-order valence-corrected chi connectivity index (χ4v) is 3.35. The van der Waals surface area contributed by atoms with E-state index in [2.05, 4.69) is 31.3 Å². The van der Waals surface area contributed by atoms with Crippen molar-refractivity contribution >= 4 is 11.3 Å². The average Bonchev–Trinajstić information content (AvgIpc) is 2.88. The minimum absolute atomic E-state index is 0.558. The van der Waals surface area contributed by atoms with Crippen LogP contribution in [0, 0.1) is 0 Å². The molecule has 1 heterocycles. The highest BCUT2D eigenvalue weighted by Gasteiger charge is 2.11. The molecule has 1 aromatic carbocycles. The van der Waals surface area contributed by atoms with E-state index >= 15 is 0 Å². The van der Waals surface area contributed by atoms with E-state index in [1.54, 1.807) is 11.3 Å². The SMILES string of the molecule is CCCc1nc(COc2ccccc2CC)sc1CNC. The van der Waals surface area contributed by atoms with Gasteiger partial charge in [-0.1, -0.05) is 38.5 Å². The third-order valence-corrected chi connectivity index (χ3v) is 4.42. The van der Waals surface area contributed by atoms with Crippen LogP contribution in [0.3, 0.4) is 0 Å². The van der Waals surface area contributed by atoms with Gasteiger partial charge in [0, 0.05) is 11.4 Å². The van der Waals surface area contributed by atoms with Crippen LogP contribution >= 0.6 is 11.3 Å². The van der Waals surface area contributed by atoms with E-state index in [1.165, 1.54) is 16.1 Å². The molecule has 0 aliphatic rings. The molecular weight excluding hydrogens is 280 g/mol.